The van der Waals surface area contributed by atoms with E-state index in [1.165, 1.54) is 31.4 Å². The zero-order valence-electron chi connectivity index (χ0n) is 16.5. The summed E-state index contributed by atoms with van der Waals surface area (Å²) < 4.78 is 45.4. The average molecular weight is 446 g/mol. The van der Waals surface area contributed by atoms with E-state index in [0.717, 1.165) is 33.5 Å². The third-order valence-corrected chi connectivity index (χ3v) is 7.25. The lowest BCUT2D eigenvalue weighted by Crippen LogP contribution is -2.46. The number of carbonyl (C=O) groups is 3. The highest BCUT2D eigenvalue weighted by Crippen LogP contribution is 2.38. The molecule has 31 heavy (non-hydrogen) atoms. The number of benzene rings is 2. The molecule has 1 saturated heterocycles. The highest BCUT2D eigenvalue weighted by atomic mass is 32.2. The first kappa shape index (κ1) is 21.1. The molecule has 1 unspecified atom stereocenters. The van der Waals surface area contributed by atoms with Gasteiger partial charge in [0, 0.05) is 6.04 Å². The molecule has 1 saturated carbocycles. The molecule has 2 aliphatic rings. The summed E-state index contributed by atoms with van der Waals surface area (Å²) >= 11 is 0. The fraction of sp³-hybridized carbons (Fsp3) is 0.286. The van der Waals surface area contributed by atoms with Crippen molar-refractivity contribution < 1.29 is 31.9 Å². The summed E-state index contributed by atoms with van der Waals surface area (Å²) in [6.45, 7) is 0. The number of imide groups is 1. The lowest BCUT2D eigenvalue weighted by Gasteiger charge is -2.26. The molecule has 0 N–H and O–H groups in total. The predicted octanol–water partition coefficient (Wildman–Crippen LogP) is 2.10. The van der Waals surface area contributed by atoms with Crippen molar-refractivity contribution in [2.45, 2.75) is 36.2 Å². The molecule has 2 aromatic carbocycles. The second kappa shape index (κ2) is 7.86. The van der Waals surface area contributed by atoms with Gasteiger partial charge in [-0.2, -0.15) is 4.31 Å². The molecule has 0 bridgehead atoms. The molecular formula is C21H19FN2O6S. The van der Waals surface area contributed by atoms with Crippen LogP contribution in [0.2, 0.25) is 0 Å². The van der Waals surface area contributed by atoms with Crippen LogP contribution in [0.5, 0.6) is 0 Å². The standard InChI is InChI=1S/C21H19FN2O6S/c1-30-21(27)13-2-6-15(7-3-13)23-19(25)12-18(20(23)26)24(16-8-9-16)31(28,29)17-10-4-14(22)5-11-17/h2-7,10-11,16,18H,8-9,12H2,1H3. The molecule has 1 aliphatic heterocycles. The van der Waals surface area contributed by atoms with Gasteiger partial charge in [-0.15, -0.1) is 0 Å². The fourth-order valence-corrected chi connectivity index (χ4v) is 5.45. The maximum absolute atomic E-state index is 13.3. The lowest BCUT2D eigenvalue weighted by molar-refractivity contribution is -0.122. The lowest BCUT2D eigenvalue weighted by atomic mass is 10.2. The number of methoxy groups -OCH3 is 1. The van der Waals surface area contributed by atoms with E-state index >= 15 is 0 Å². The smallest absolute Gasteiger partial charge is 0.337 e. The summed E-state index contributed by atoms with van der Waals surface area (Å²) in [5, 5.41) is 0. The van der Waals surface area contributed by atoms with Crippen molar-refractivity contribution in [3.63, 3.8) is 0 Å². The zero-order chi connectivity index (χ0) is 22.3. The fourth-order valence-electron chi connectivity index (χ4n) is 3.63. The number of halogens is 1. The summed E-state index contributed by atoms with van der Waals surface area (Å²) in [6.07, 6.45) is 0.854. The molecule has 2 aromatic rings. The number of rotatable bonds is 6. The molecular weight excluding hydrogens is 427 g/mol. The third kappa shape index (κ3) is 3.84. The molecule has 1 aliphatic carbocycles. The van der Waals surface area contributed by atoms with Crippen LogP contribution in [-0.4, -0.2) is 49.7 Å². The van der Waals surface area contributed by atoms with Gasteiger partial charge in [0.25, 0.3) is 5.91 Å². The van der Waals surface area contributed by atoms with Crippen LogP contribution in [-0.2, 0) is 24.3 Å². The van der Waals surface area contributed by atoms with E-state index in [1.807, 2.05) is 0 Å². The Labute approximate surface area is 178 Å². The Morgan fingerprint density at radius 1 is 1.06 bits per heavy atom. The quantitative estimate of drug-likeness (QED) is 0.498. The molecule has 0 spiro atoms. The Morgan fingerprint density at radius 2 is 1.68 bits per heavy atom. The van der Waals surface area contributed by atoms with Crippen molar-refractivity contribution in [1.29, 1.82) is 0 Å². The number of anilines is 1. The highest BCUT2D eigenvalue weighted by Gasteiger charge is 2.51. The SMILES string of the molecule is COC(=O)c1ccc(N2C(=O)CC(N(C3CC3)S(=O)(=O)c3ccc(F)cc3)C2=O)cc1. The Morgan fingerprint density at radius 3 is 2.23 bits per heavy atom. The van der Waals surface area contributed by atoms with E-state index in [2.05, 4.69) is 4.74 Å². The van der Waals surface area contributed by atoms with Gasteiger partial charge in [-0.1, -0.05) is 0 Å². The second-order valence-electron chi connectivity index (χ2n) is 7.35. The molecule has 0 radical (unpaired) electrons. The monoisotopic (exact) mass is 446 g/mol. The van der Waals surface area contributed by atoms with Crippen LogP contribution in [0.15, 0.2) is 53.4 Å². The molecule has 162 valence electrons. The number of ether oxygens (including phenoxy) is 1. The summed E-state index contributed by atoms with van der Waals surface area (Å²) in [5.74, 6) is -2.34. The van der Waals surface area contributed by atoms with Gasteiger partial charge in [-0.3, -0.25) is 9.59 Å². The number of hydrogen-bond acceptors (Lipinski definition) is 6. The van der Waals surface area contributed by atoms with Gasteiger partial charge >= 0.3 is 5.97 Å². The van der Waals surface area contributed by atoms with E-state index < -0.39 is 45.7 Å². The van der Waals surface area contributed by atoms with E-state index in [9.17, 15) is 27.2 Å². The Bertz CT molecular complexity index is 1140. The van der Waals surface area contributed by atoms with E-state index in [1.54, 1.807) is 0 Å². The van der Waals surface area contributed by atoms with E-state index in [0.29, 0.717) is 12.8 Å². The van der Waals surface area contributed by atoms with Crippen LogP contribution in [0.25, 0.3) is 0 Å². The van der Waals surface area contributed by atoms with Crippen LogP contribution >= 0.6 is 0 Å². The maximum atomic E-state index is 13.3. The summed E-state index contributed by atoms with van der Waals surface area (Å²) in [4.78, 5) is 38.2. The Hall–Kier alpha value is -3.11. The van der Waals surface area contributed by atoms with Crippen molar-refractivity contribution in [3.8, 4) is 0 Å². The first-order valence-electron chi connectivity index (χ1n) is 9.58. The average Bonchev–Trinajstić information content (AvgIpc) is 3.53. The molecule has 2 amide bonds. The minimum atomic E-state index is -4.12. The van der Waals surface area contributed by atoms with Crippen molar-refractivity contribution in [2.75, 3.05) is 12.0 Å². The molecule has 10 heteroatoms. The first-order chi connectivity index (χ1) is 14.7. The molecule has 8 nitrogen and oxygen atoms in total. The number of nitrogens with zero attached hydrogens (tertiary/aromatic N) is 2. The minimum absolute atomic E-state index is 0.137. The zero-order valence-corrected chi connectivity index (χ0v) is 17.3. The summed E-state index contributed by atoms with van der Waals surface area (Å²) in [5.41, 5.74) is 0.487. The molecule has 0 aromatic heterocycles. The van der Waals surface area contributed by atoms with Crippen LogP contribution < -0.4 is 4.90 Å². The molecule has 4 rings (SSSR count). The van der Waals surface area contributed by atoms with Gasteiger partial charge in [0.15, 0.2) is 0 Å². The molecule has 1 atom stereocenters. The van der Waals surface area contributed by atoms with Gasteiger partial charge in [-0.25, -0.2) is 22.5 Å². The minimum Gasteiger partial charge on any atom is -0.465 e. The van der Waals surface area contributed by atoms with Crippen molar-refractivity contribution in [1.82, 2.24) is 4.31 Å². The number of carbonyl (C=O) groups excluding carboxylic acids is 3. The molecule has 1 heterocycles. The van der Waals surface area contributed by atoms with Gasteiger partial charge < -0.3 is 4.74 Å². The third-order valence-electron chi connectivity index (χ3n) is 5.27. The summed E-state index contributed by atoms with van der Waals surface area (Å²) in [7, 11) is -2.88. The van der Waals surface area contributed by atoms with E-state index in [4.69, 9.17) is 0 Å². The number of esters is 1. The Balaban J connectivity index is 1.65. The largest absolute Gasteiger partial charge is 0.465 e. The predicted molar refractivity (Wildman–Crippen MR) is 107 cm³/mol. The summed E-state index contributed by atoms with van der Waals surface area (Å²) in [6, 6.07) is 8.49. The molecule has 2 fully saturated rings. The maximum Gasteiger partial charge on any atom is 0.337 e. The van der Waals surface area contributed by atoms with E-state index in [-0.39, 0.29) is 22.6 Å². The van der Waals surface area contributed by atoms with Crippen LogP contribution in [0.1, 0.15) is 29.6 Å². The van der Waals surface area contributed by atoms with Crippen molar-refractivity contribution in [2.24, 2.45) is 0 Å². The van der Waals surface area contributed by atoms with Crippen molar-refractivity contribution in [3.05, 3.63) is 59.9 Å². The number of hydrogen-bond donors (Lipinski definition) is 0. The van der Waals surface area contributed by atoms with Gasteiger partial charge in [0.2, 0.25) is 15.9 Å². The normalized spacial score (nSPS) is 19.2. The van der Waals surface area contributed by atoms with Crippen LogP contribution in [0.3, 0.4) is 0 Å². The van der Waals surface area contributed by atoms with Crippen LogP contribution in [0.4, 0.5) is 10.1 Å². The second-order valence-corrected chi connectivity index (χ2v) is 9.19. The Kier molecular flexibility index (Phi) is 5.36. The number of amides is 2. The highest BCUT2D eigenvalue weighted by molar-refractivity contribution is 7.89. The van der Waals surface area contributed by atoms with Crippen molar-refractivity contribution >= 4 is 33.5 Å². The van der Waals surface area contributed by atoms with Gasteiger partial charge in [0.1, 0.15) is 11.9 Å². The first-order valence-corrected chi connectivity index (χ1v) is 11.0. The van der Waals surface area contributed by atoms with Crippen LogP contribution in [0, 0.1) is 5.82 Å². The van der Waals surface area contributed by atoms with Gasteiger partial charge in [-0.05, 0) is 61.4 Å². The number of sulfonamides is 1. The van der Waals surface area contributed by atoms with Gasteiger partial charge in [0.05, 0.1) is 29.7 Å². The topological polar surface area (TPSA) is 101 Å².